The van der Waals surface area contributed by atoms with Gasteiger partial charge in [0.15, 0.2) is 5.96 Å². The number of hydrogen-bond donors (Lipinski definition) is 1. The van der Waals surface area contributed by atoms with Crippen LogP contribution in [0.3, 0.4) is 0 Å². The van der Waals surface area contributed by atoms with Crippen LogP contribution in [0.25, 0.3) is 0 Å². The van der Waals surface area contributed by atoms with Crippen molar-refractivity contribution in [2.24, 2.45) is 4.99 Å². The van der Waals surface area contributed by atoms with E-state index in [1.807, 2.05) is 0 Å². The minimum absolute atomic E-state index is 0.0545. The highest BCUT2D eigenvalue weighted by molar-refractivity contribution is 7.90. The van der Waals surface area contributed by atoms with Crippen molar-refractivity contribution < 1.29 is 13.2 Å². The zero-order valence-corrected chi connectivity index (χ0v) is 19.7. The second-order valence-corrected chi connectivity index (χ2v) is 10.4. The van der Waals surface area contributed by atoms with Crippen LogP contribution in [0.5, 0.6) is 0 Å². The fourth-order valence-electron chi connectivity index (χ4n) is 3.34. The number of guanidine groups is 1. The highest BCUT2D eigenvalue weighted by Gasteiger charge is 2.19. The Kier molecular flexibility index (Phi) is 10.1. The predicted molar refractivity (Wildman–Crippen MR) is 124 cm³/mol. The molecule has 170 valence electrons. The average Bonchev–Trinajstić information content (AvgIpc) is 2.70. The first-order valence-corrected chi connectivity index (χ1v) is 12.9. The number of piperazine rings is 1. The lowest BCUT2D eigenvalue weighted by molar-refractivity contribution is 0.155. The molecule has 0 spiro atoms. The second-order valence-electron chi connectivity index (χ2n) is 8.14. The van der Waals surface area contributed by atoms with Crippen LogP contribution in [-0.2, 0) is 21.1 Å². The van der Waals surface area contributed by atoms with Crippen LogP contribution in [0.15, 0.2) is 29.3 Å². The lowest BCUT2D eigenvalue weighted by Crippen LogP contribution is -2.52. The van der Waals surface area contributed by atoms with Crippen molar-refractivity contribution >= 4 is 15.8 Å². The van der Waals surface area contributed by atoms with Crippen LogP contribution in [0.4, 0.5) is 0 Å². The SMILES string of the molecule is CCNC(=NCCOCCS(C)(=O)=O)N1CCN(Cc2ccc(C(C)C)cc2)CC1. The smallest absolute Gasteiger partial charge is 0.194 e. The van der Waals surface area contributed by atoms with Gasteiger partial charge in [-0.05, 0) is 24.0 Å². The van der Waals surface area contributed by atoms with Gasteiger partial charge in [0.05, 0.1) is 25.5 Å². The topological polar surface area (TPSA) is 74.2 Å². The molecule has 7 nitrogen and oxygen atoms in total. The summed E-state index contributed by atoms with van der Waals surface area (Å²) in [5.74, 6) is 1.53. The highest BCUT2D eigenvalue weighted by atomic mass is 32.2. The molecule has 1 aromatic carbocycles. The largest absolute Gasteiger partial charge is 0.378 e. The molecule has 2 rings (SSSR count). The van der Waals surface area contributed by atoms with Gasteiger partial charge in [-0.3, -0.25) is 9.89 Å². The van der Waals surface area contributed by atoms with E-state index in [0.717, 1.165) is 45.2 Å². The Morgan fingerprint density at radius 1 is 1.13 bits per heavy atom. The molecule has 1 aromatic rings. The van der Waals surface area contributed by atoms with Crippen LogP contribution >= 0.6 is 0 Å². The zero-order valence-electron chi connectivity index (χ0n) is 18.9. The van der Waals surface area contributed by atoms with E-state index in [2.05, 4.69) is 65.1 Å². The summed E-state index contributed by atoms with van der Waals surface area (Å²) in [5, 5.41) is 3.35. The average molecular weight is 439 g/mol. The molecule has 0 atom stereocenters. The zero-order chi connectivity index (χ0) is 22.0. The second kappa shape index (κ2) is 12.3. The molecule has 1 heterocycles. The maximum absolute atomic E-state index is 11.1. The maximum atomic E-state index is 11.1. The molecule has 0 radical (unpaired) electrons. The molecule has 0 aromatic heterocycles. The Morgan fingerprint density at radius 2 is 1.80 bits per heavy atom. The molecule has 0 amide bonds. The third-order valence-electron chi connectivity index (χ3n) is 5.15. The molecular weight excluding hydrogens is 400 g/mol. The maximum Gasteiger partial charge on any atom is 0.194 e. The van der Waals surface area contributed by atoms with Crippen LogP contribution in [0.2, 0.25) is 0 Å². The number of ether oxygens (including phenoxy) is 1. The number of nitrogens with one attached hydrogen (secondary N) is 1. The third kappa shape index (κ3) is 9.02. The summed E-state index contributed by atoms with van der Waals surface area (Å²) in [4.78, 5) is 9.42. The molecule has 8 heteroatoms. The molecule has 1 aliphatic heterocycles. The minimum atomic E-state index is -2.97. The van der Waals surface area contributed by atoms with Gasteiger partial charge in [-0.25, -0.2) is 8.42 Å². The first kappa shape index (κ1) is 24.6. The first-order chi connectivity index (χ1) is 14.3. The summed E-state index contributed by atoms with van der Waals surface area (Å²) in [6.07, 6.45) is 1.22. The molecule has 30 heavy (non-hydrogen) atoms. The number of aliphatic imine (C=N–C) groups is 1. The van der Waals surface area contributed by atoms with E-state index in [0.29, 0.717) is 19.1 Å². The van der Waals surface area contributed by atoms with Gasteiger partial charge in [0, 0.05) is 45.5 Å². The summed E-state index contributed by atoms with van der Waals surface area (Å²) in [6, 6.07) is 8.97. The first-order valence-electron chi connectivity index (χ1n) is 10.9. The summed E-state index contributed by atoms with van der Waals surface area (Å²) < 4.78 is 27.6. The van der Waals surface area contributed by atoms with Gasteiger partial charge in [0.2, 0.25) is 0 Å². The fraction of sp³-hybridized carbons (Fsp3) is 0.682. The lowest BCUT2D eigenvalue weighted by atomic mass is 10.0. The van der Waals surface area contributed by atoms with Crippen LogP contribution < -0.4 is 5.32 Å². The summed E-state index contributed by atoms with van der Waals surface area (Å²) in [7, 11) is -2.97. The summed E-state index contributed by atoms with van der Waals surface area (Å²) >= 11 is 0. The van der Waals surface area contributed by atoms with Crippen molar-refractivity contribution in [1.29, 1.82) is 0 Å². The van der Waals surface area contributed by atoms with Crippen LogP contribution in [0.1, 0.15) is 37.8 Å². The van der Waals surface area contributed by atoms with Gasteiger partial charge in [-0.1, -0.05) is 38.1 Å². The minimum Gasteiger partial charge on any atom is -0.378 e. The van der Waals surface area contributed by atoms with Crippen LogP contribution in [-0.4, -0.2) is 88.7 Å². The molecule has 1 aliphatic rings. The number of rotatable bonds is 10. The molecule has 0 saturated carbocycles. The predicted octanol–water partition coefficient (Wildman–Crippen LogP) is 1.95. The normalized spacial score (nSPS) is 16.3. The number of nitrogens with zero attached hydrogens (tertiary/aromatic N) is 3. The highest BCUT2D eigenvalue weighted by Crippen LogP contribution is 2.16. The van der Waals surface area contributed by atoms with Crippen molar-refractivity contribution in [1.82, 2.24) is 15.1 Å². The van der Waals surface area contributed by atoms with E-state index in [9.17, 15) is 8.42 Å². The van der Waals surface area contributed by atoms with Crippen molar-refractivity contribution in [3.8, 4) is 0 Å². The van der Waals surface area contributed by atoms with Crippen molar-refractivity contribution in [3.05, 3.63) is 35.4 Å². The molecule has 1 saturated heterocycles. The van der Waals surface area contributed by atoms with Gasteiger partial charge < -0.3 is 15.0 Å². The van der Waals surface area contributed by atoms with Gasteiger partial charge in [0.25, 0.3) is 0 Å². The number of benzene rings is 1. The fourth-order valence-corrected chi connectivity index (χ4v) is 3.76. The van der Waals surface area contributed by atoms with Crippen molar-refractivity contribution in [3.63, 3.8) is 0 Å². The van der Waals surface area contributed by atoms with E-state index in [1.54, 1.807) is 0 Å². The Bertz CT molecular complexity index is 755. The molecular formula is C22H38N4O3S. The van der Waals surface area contributed by atoms with Gasteiger partial charge in [0.1, 0.15) is 9.84 Å². The van der Waals surface area contributed by atoms with Crippen molar-refractivity contribution in [2.45, 2.75) is 33.2 Å². The Balaban J connectivity index is 1.77. The van der Waals surface area contributed by atoms with E-state index in [4.69, 9.17) is 4.74 Å². The van der Waals surface area contributed by atoms with Crippen LogP contribution in [0, 0.1) is 0 Å². The number of sulfone groups is 1. The van der Waals surface area contributed by atoms with Crippen molar-refractivity contribution in [2.75, 3.05) is 64.5 Å². The van der Waals surface area contributed by atoms with Gasteiger partial charge >= 0.3 is 0 Å². The van der Waals surface area contributed by atoms with E-state index >= 15 is 0 Å². The van der Waals surface area contributed by atoms with E-state index < -0.39 is 9.84 Å². The summed E-state index contributed by atoms with van der Waals surface area (Å²) in [5.41, 5.74) is 2.75. The Labute approximate surface area is 182 Å². The molecule has 0 unspecified atom stereocenters. The van der Waals surface area contributed by atoms with E-state index in [-0.39, 0.29) is 12.4 Å². The molecule has 1 fully saturated rings. The molecule has 1 N–H and O–H groups in total. The lowest BCUT2D eigenvalue weighted by Gasteiger charge is -2.36. The molecule has 0 bridgehead atoms. The Morgan fingerprint density at radius 3 is 2.37 bits per heavy atom. The number of hydrogen-bond acceptors (Lipinski definition) is 5. The van der Waals surface area contributed by atoms with Gasteiger partial charge in [-0.2, -0.15) is 0 Å². The standard InChI is InChI=1S/C22H38N4O3S/c1-5-23-22(24-10-15-29-16-17-30(4,27)28)26-13-11-25(12-14-26)18-20-6-8-21(9-7-20)19(2)3/h6-9,19H,5,10-18H2,1-4H3,(H,23,24). The Hall–Kier alpha value is -1.64. The molecule has 0 aliphatic carbocycles. The van der Waals surface area contributed by atoms with Gasteiger partial charge in [-0.15, -0.1) is 0 Å². The summed E-state index contributed by atoms with van der Waals surface area (Å²) in [6.45, 7) is 13.4. The third-order valence-corrected chi connectivity index (χ3v) is 6.06. The van der Waals surface area contributed by atoms with E-state index in [1.165, 1.54) is 17.4 Å². The monoisotopic (exact) mass is 438 g/mol. The quantitative estimate of drug-likeness (QED) is 0.342.